The molecule has 1 N–H and O–H groups in total. The molecule has 1 rings (SSSR count). The summed E-state index contributed by atoms with van der Waals surface area (Å²) in [5.74, 6) is -0.303. The molecule has 1 aliphatic rings. The third-order valence-corrected chi connectivity index (χ3v) is 2.43. The predicted molar refractivity (Wildman–Crippen MR) is 55.3 cm³/mol. The average molecular weight is 214 g/mol. The number of rotatable bonds is 5. The zero-order valence-electron chi connectivity index (χ0n) is 9.07. The van der Waals surface area contributed by atoms with Crippen molar-refractivity contribution >= 4 is 12.4 Å². The molecule has 5 nitrogen and oxygen atoms in total. The maximum Gasteiger partial charge on any atom is 0.330 e. The van der Waals surface area contributed by atoms with Crippen molar-refractivity contribution in [2.75, 3.05) is 26.2 Å². The topological polar surface area (TPSA) is 58.6 Å². The summed E-state index contributed by atoms with van der Waals surface area (Å²) in [6, 6.07) is -0.451. The van der Waals surface area contributed by atoms with E-state index < -0.39 is 6.04 Å². The number of piperazine rings is 1. The predicted octanol–water partition coefficient (Wildman–Crippen LogP) is -0.240. The molecule has 0 aromatic heterocycles. The fourth-order valence-corrected chi connectivity index (χ4v) is 1.48. The number of unbranched alkanes of at least 4 members (excludes halogenated alkanes) is 1. The molecule has 1 unspecified atom stereocenters. The number of nitrogens with zero attached hydrogens (tertiary/aromatic N) is 1. The fraction of sp³-hybridized carbons (Fsp3) is 0.800. The van der Waals surface area contributed by atoms with E-state index in [9.17, 15) is 9.59 Å². The maximum atomic E-state index is 11.6. The van der Waals surface area contributed by atoms with Crippen molar-refractivity contribution in [1.82, 2.24) is 10.2 Å². The van der Waals surface area contributed by atoms with Gasteiger partial charge in [0.25, 0.3) is 0 Å². The summed E-state index contributed by atoms with van der Waals surface area (Å²) in [6.45, 7) is 4.27. The van der Waals surface area contributed by atoms with E-state index in [0.29, 0.717) is 26.1 Å². The van der Waals surface area contributed by atoms with E-state index >= 15 is 0 Å². The van der Waals surface area contributed by atoms with Crippen molar-refractivity contribution < 1.29 is 14.3 Å². The lowest BCUT2D eigenvalue weighted by Crippen LogP contribution is -2.54. The van der Waals surface area contributed by atoms with Gasteiger partial charge >= 0.3 is 5.97 Å². The van der Waals surface area contributed by atoms with Crippen LogP contribution in [0.2, 0.25) is 0 Å². The number of esters is 1. The molecule has 0 saturated carbocycles. The van der Waals surface area contributed by atoms with E-state index in [2.05, 4.69) is 5.32 Å². The van der Waals surface area contributed by atoms with Crippen LogP contribution in [0.3, 0.4) is 0 Å². The lowest BCUT2D eigenvalue weighted by atomic mass is 10.2. The molecule has 1 aliphatic heterocycles. The molecule has 86 valence electrons. The van der Waals surface area contributed by atoms with E-state index in [-0.39, 0.29) is 5.97 Å². The lowest BCUT2D eigenvalue weighted by Gasteiger charge is -2.31. The van der Waals surface area contributed by atoms with Gasteiger partial charge in [-0.05, 0) is 6.42 Å². The third kappa shape index (κ3) is 3.51. The van der Waals surface area contributed by atoms with Crippen LogP contribution in [-0.2, 0) is 14.3 Å². The van der Waals surface area contributed by atoms with Gasteiger partial charge in [0, 0.05) is 19.6 Å². The molecule has 0 aromatic rings. The number of carbonyl (C=O) groups is 2. The van der Waals surface area contributed by atoms with Gasteiger partial charge in [0.05, 0.1) is 6.61 Å². The molecule has 15 heavy (non-hydrogen) atoms. The van der Waals surface area contributed by atoms with Gasteiger partial charge in [0.15, 0.2) is 0 Å². The fourth-order valence-electron chi connectivity index (χ4n) is 1.48. The smallest absolute Gasteiger partial charge is 0.330 e. The van der Waals surface area contributed by atoms with Gasteiger partial charge < -0.3 is 15.0 Å². The van der Waals surface area contributed by atoms with Crippen molar-refractivity contribution in [3.05, 3.63) is 0 Å². The first-order valence-corrected chi connectivity index (χ1v) is 5.38. The van der Waals surface area contributed by atoms with E-state index in [1.165, 1.54) is 4.90 Å². The van der Waals surface area contributed by atoms with Crippen LogP contribution in [0, 0.1) is 0 Å². The summed E-state index contributed by atoms with van der Waals surface area (Å²) < 4.78 is 5.07. The van der Waals surface area contributed by atoms with Crippen LogP contribution in [0.5, 0.6) is 0 Å². The molecule has 0 aromatic carbocycles. The molecule has 0 bridgehead atoms. The summed E-state index contributed by atoms with van der Waals surface area (Å²) >= 11 is 0. The molecule has 1 amide bonds. The highest BCUT2D eigenvalue weighted by molar-refractivity contribution is 5.78. The second-order valence-electron chi connectivity index (χ2n) is 3.58. The Bertz CT molecular complexity index is 221. The Kier molecular flexibility index (Phi) is 5.10. The van der Waals surface area contributed by atoms with Crippen molar-refractivity contribution in [3.63, 3.8) is 0 Å². The Hall–Kier alpha value is -1.10. The van der Waals surface area contributed by atoms with Crippen molar-refractivity contribution in [1.29, 1.82) is 0 Å². The summed E-state index contributed by atoms with van der Waals surface area (Å²) in [4.78, 5) is 23.8. The van der Waals surface area contributed by atoms with Crippen molar-refractivity contribution in [2.45, 2.75) is 25.8 Å². The Morgan fingerprint density at radius 2 is 2.47 bits per heavy atom. The van der Waals surface area contributed by atoms with E-state index in [1.807, 2.05) is 6.92 Å². The van der Waals surface area contributed by atoms with E-state index in [4.69, 9.17) is 4.74 Å². The lowest BCUT2D eigenvalue weighted by molar-refractivity contribution is -0.153. The standard InChI is InChI=1S/C10H18N2O3/c1-2-3-6-15-10(14)9-7-11-4-5-12(9)8-13/h8-9,11H,2-7H2,1H3. The molecule has 0 radical (unpaired) electrons. The normalized spacial score (nSPS) is 21.1. The number of ether oxygens (including phenoxy) is 1. The largest absolute Gasteiger partial charge is 0.464 e. The minimum absolute atomic E-state index is 0.303. The zero-order chi connectivity index (χ0) is 11.1. The van der Waals surface area contributed by atoms with Crippen LogP contribution in [0.4, 0.5) is 0 Å². The first-order chi connectivity index (χ1) is 7.29. The van der Waals surface area contributed by atoms with E-state index in [0.717, 1.165) is 19.4 Å². The summed E-state index contributed by atoms with van der Waals surface area (Å²) in [5.41, 5.74) is 0. The van der Waals surface area contributed by atoms with Gasteiger partial charge in [-0.25, -0.2) is 4.79 Å². The Labute approximate surface area is 89.8 Å². The SMILES string of the molecule is CCCCOC(=O)C1CNCCN1C=O. The summed E-state index contributed by atoms with van der Waals surface area (Å²) in [6.07, 6.45) is 2.58. The van der Waals surface area contributed by atoms with Gasteiger partial charge in [-0.2, -0.15) is 0 Å². The van der Waals surface area contributed by atoms with Gasteiger partial charge in [0.1, 0.15) is 6.04 Å². The molecular formula is C10H18N2O3. The molecular weight excluding hydrogens is 196 g/mol. The van der Waals surface area contributed by atoms with Crippen molar-refractivity contribution in [2.24, 2.45) is 0 Å². The number of amides is 1. The number of carbonyl (C=O) groups excluding carboxylic acids is 2. The van der Waals surface area contributed by atoms with Gasteiger partial charge in [0.2, 0.25) is 6.41 Å². The first-order valence-electron chi connectivity index (χ1n) is 5.38. The number of nitrogens with one attached hydrogen (secondary N) is 1. The molecule has 0 spiro atoms. The second-order valence-corrected chi connectivity index (χ2v) is 3.58. The van der Waals surface area contributed by atoms with E-state index in [1.54, 1.807) is 0 Å². The highest BCUT2D eigenvalue weighted by Gasteiger charge is 2.28. The monoisotopic (exact) mass is 214 g/mol. The quantitative estimate of drug-likeness (QED) is 0.390. The summed E-state index contributed by atoms with van der Waals surface area (Å²) in [7, 11) is 0. The maximum absolute atomic E-state index is 11.6. The highest BCUT2D eigenvalue weighted by atomic mass is 16.5. The zero-order valence-corrected chi connectivity index (χ0v) is 9.07. The Morgan fingerprint density at radius 3 is 3.13 bits per heavy atom. The molecule has 1 atom stereocenters. The molecule has 0 aliphatic carbocycles. The minimum atomic E-state index is -0.451. The van der Waals surface area contributed by atoms with Crippen LogP contribution in [0.15, 0.2) is 0 Å². The van der Waals surface area contributed by atoms with Crippen LogP contribution in [-0.4, -0.2) is 49.6 Å². The Morgan fingerprint density at radius 1 is 1.67 bits per heavy atom. The molecule has 1 heterocycles. The number of hydrogen-bond acceptors (Lipinski definition) is 4. The third-order valence-electron chi connectivity index (χ3n) is 2.43. The molecule has 5 heteroatoms. The molecule has 1 saturated heterocycles. The summed E-state index contributed by atoms with van der Waals surface area (Å²) in [5, 5.41) is 3.07. The first kappa shape index (κ1) is 12.0. The Balaban J connectivity index is 2.38. The van der Waals surface area contributed by atoms with Crippen LogP contribution >= 0.6 is 0 Å². The van der Waals surface area contributed by atoms with Gasteiger partial charge in [-0.15, -0.1) is 0 Å². The average Bonchev–Trinajstić information content (AvgIpc) is 2.29. The number of hydrogen-bond donors (Lipinski definition) is 1. The second kappa shape index (κ2) is 6.40. The van der Waals surface area contributed by atoms with Crippen LogP contribution < -0.4 is 5.32 Å². The van der Waals surface area contributed by atoms with Gasteiger partial charge in [-0.3, -0.25) is 4.79 Å². The van der Waals surface area contributed by atoms with Crippen LogP contribution in [0.1, 0.15) is 19.8 Å². The minimum Gasteiger partial charge on any atom is -0.464 e. The van der Waals surface area contributed by atoms with Crippen LogP contribution in [0.25, 0.3) is 0 Å². The van der Waals surface area contributed by atoms with Gasteiger partial charge in [-0.1, -0.05) is 13.3 Å². The molecule has 1 fully saturated rings. The van der Waals surface area contributed by atoms with Crippen molar-refractivity contribution in [3.8, 4) is 0 Å². The highest BCUT2D eigenvalue weighted by Crippen LogP contribution is 2.03.